The SMILES string of the molecule is CCCCCCCCCCCCCCCCCc1n(CCC)cc[n+]1CCC.[Cl-]. The van der Waals surface area contributed by atoms with Crippen molar-refractivity contribution in [1.82, 2.24) is 4.57 Å². The minimum absolute atomic E-state index is 0. The van der Waals surface area contributed by atoms with E-state index in [4.69, 9.17) is 0 Å². The quantitative estimate of drug-likeness (QED) is 0.204. The molecule has 0 aliphatic heterocycles. The molecule has 0 bridgehead atoms. The third-order valence-corrected chi connectivity index (χ3v) is 6.02. The van der Waals surface area contributed by atoms with Crippen LogP contribution in [0.2, 0.25) is 0 Å². The summed E-state index contributed by atoms with van der Waals surface area (Å²) in [5, 5.41) is 0. The maximum absolute atomic E-state index is 2.49. The van der Waals surface area contributed by atoms with E-state index in [9.17, 15) is 0 Å². The van der Waals surface area contributed by atoms with E-state index in [1.807, 2.05) is 0 Å². The molecular formula is C26H51ClN2. The minimum atomic E-state index is 0. The molecule has 0 fully saturated rings. The smallest absolute Gasteiger partial charge is 0.256 e. The molecule has 0 amide bonds. The fraction of sp³-hybridized carbons (Fsp3) is 0.885. The summed E-state index contributed by atoms with van der Waals surface area (Å²) in [6.07, 6.45) is 29.9. The number of nitrogens with zero attached hydrogens (tertiary/aromatic N) is 2. The number of imidazole rings is 1. The van der Waals surface area contributed by atoms with Crippen molar-refractivity contribution in [2.45, 2.75) is 149 Å². The molecule has 3 heteroatoms. The lowest BCUT2D eigenvalue weighted by molar-refractivity contribution is -0.703. The van der Waals surface area contributed by atoms with Crippen LogP contribution in [0.15, 0.2) is 12.4 Å². The Hall–Kier alpha value is -0.500. The van der Waals surface area contributed by atoms with Gasteiger partial charge >= 0.3 is 0 Å². The van der Waals surface area contributed by atoms with Crippen molar-refractivity contribution in [2.24, 2.45) is 0 Å². The van der Waals surface area contributed by atoms with E-state index in [-0.39, 0.29) is 12.4 Å². The van der Waals surface area contributed by atoms with Crippen molar-refractivity contribution in [2.75, 3.05) is 0 Å². The lowest BCUT2D eigenvalue weighted by Gasteiger charge is -2.05. The van der Waals surface area contributed by atoms with Crippen LogP contribution in [0.4, 0.5) is 0 Å². The molecule has 0 unspecified atom stereocenters. The second-order valence-electron chi connectivity index (χ2n) is 8.80. The van der Waals surface area contributed by atoms with Gasteiger partial charge < -0.3 is 12.4 Å². The second kappa shape index (κ2) is 20.8. The zero-order valence-electron chi connectivity index (χ0n) is 20.1. The molecule has 0 aromatic carbocycles. The molecule has 172 valence electrons. The molecule has 0 aliphatic rings. The van der Waals surface area contributed by atoms with Gasteiger partial charge in [0.1, 0.15) is 12.4 Å². The van der Waals surface area contributed by atoms with Gasteiger partial charge in [-0.15, -0.1) is 0 Å². The van der Waals surface area contributed by atoms with Gasteiger partial charge in [0, 0.05) is 6.42 Å². The number of halogens is 1. The third kappa shape index (κ3) is 14.2. The molecule has 0 saturated heterocycles. The highest BCUT2D eigenvalue weighted by molar-refractivity contribution is 4.84. The van der Waals surface area contributed by atoms with Gasteiger partial charge in [0.05, 0.1) is 13.1 Å². The zero-order valence-corrected chi connectivity index (χ0v) is 20.8. The van der Waals surface area contributed by atoms with Crippen LogP contribution in [0.3, 0.4) is 0 Å². The predicted molar refractivity (Wildman–Crippen MR) is 124 cm³/mol. The van der Waals surface area contributed by atoms with Crippen molar-refractivity contribution in [3.05, 3.63) is 18.2 Å². The largest absolute Gasteiger partial charge is 1.00 e. The number of rotatable bonds is 20. The Kier molecular flexibility index (Phi) is 20.4. The van der Waals surface area contributed by atoms with Crippen molar-refractivity contribution in [3.63, 3.8) is 0 Å². The van der Waals surface area contributed by atoms with Crippen LogP contribution in [-0.4, -0.2) is 4.57 Å². The first-order valence-corrected chi connectivity index (χ1v) is 12.9. The molecular weight excluding hydrogens is 376 g/mol. The summed E-state index contributed by atoms with van der Waals surface area (Å²) in [6, 6.07) is 0. The van der Waals surface area contributed by atoms with E-state index in [1.165, 1.54) is 129 Å². The summed E-state index contributed by atoms with van der Waals surface area (Å²) >= 11 is 0. The maximum Gasteiger partial charge on any atom is 0.256 e. The Morgan fingerprint density at radius 2 is 1.10 bits per heavy atom. The molecule has 0 aliphatic carbocycles. The number of unbranched alkanes of at least 4 members (excludes halogenated alkanes) is 14. The normalized spacial score (nSPS) is 11.0. The standard InChI is InChI=1S/C26H51N2.ClH/c1-4-7-8-9-10-11-12-13-14-15-16-17-18-19-20-21-26-27(22-5-2)24-25-28(26)23-6-3;/h24-25H,4-23H2,1-3H3;1H/q+1;/p-1. The molecule has 0 spiro atoms. The van der Waals surface area contributed by atoms with Gasteiger partial charge in [-0.3, -0.25) is 0 Å². The second-order valence-corrected chi connectivity index (χ2v) is 8.80. The summed E-state index contributed by atoms with van der Waals surface area (Å²) < 4.78 is 4.97. The number of aromatic nitrogens is 2. The topological polar surface area (TPSA) is 8.81 Å². The molecule has 1 heterocycles. The molecule has 1 aromatic rings. The van der Waals surface area contributed by atoms with E-state index in [2.05, 4.69) is 42.3 Å². The van der Waals surface area contributed by atoms with Crippen molar-refractivity contribution in [3.8, 4) is 0 Å². The Morgan fingerprint density at radius 3 is 1.55 bits per heavy atom. The Bertz CT molecular complexity index is 432. The van der Waals surface area contributed by atoms with Crippen molar-refractivity contribution in [1.29, 1.82) is 0 Å². The first kappa shape index (κ1) is 28.5. The number of hydrogen-bond acceptors (Lipinski definition) is 0. The van der Waals surface area contributed by atoms with E-state index >= 15 is 0 Å². The first-order valence-electron chi connectivity index (χ1n) is 12.9. The highest BCUT2D eigenvalue weighted by Gasteiger charge is 2.15. The van der Waals surface area contributed by atoms with Gasteiger partial charge in [-0.25, -0.2) is 9.13 Å². The fourth-order valence-corrected chi connectivity index (χ4v) is 4.33. The molecule has 2 nitrogen and oxygen atoms in total. The average Bonchev–Trinajstić information content (AvgIpc) is 3.07. The van der Waals surface area contributed by atoms with Gasteiger partial charge in [-0.1, -0.05) is 111 Å². The highest BCUT2D eigenvalue weighted by Crippen LogP contribution is 2.14. The highest BCUT2D eigenvalue weighted by atomic mass is 35.5. The van der Waals surface area contributed by atoms with Gasteiger partial charge in [0.25, 0.3) is 5.82 Å². The maximum atomic E-state index is 2.49. The molecule has 0 saturated carbocycles. The monoisotopic (exact) mass is 426 g/mol. The summed E-state index contributed by atoms with van der Waals surface area (Å²) in [4.78, 5) is 0. The molecule has 0 atom stereocenters. The summed E-state index contributed by atoms with van der Waals surface area (Å²) in [7, 11) is 0. The first-order chi connectivity index (χ1) is 13.8. The van der Waals surface area contributed by atoms with E-state index < -0.39 is 0 Å². The molecule has 0 N–H and O–H groups in total. The van der Waals surface area contributed by atoms with Crippen LogP contribution in [0.25, 0.3) is 0 Å². The number of aryl methyl sites for hydroxylation is 2. The predicted octanol–water partition coefficient (Wildman–Crippen LogP) is 5.01. The van der Waals surface area contributed by atoms with Crippen molar-refractivity contribution >= 4 is 0 Å². The van der Waals surface area contributed by atoms with Gasteiger partial charge in [-0.05, 0) is 19.3 Å². The van der Waals surface area contributed by atoms with E-state index in [1.54, 1.807) is 5.82 Å². The van der Waals surface area contributed by atoms with Gasteiger partial charge in [0.2, 0.25) is 0 Å². The minimum Gasteiger partial charge on any atom is -1.00 e. The molecule has 1 aromatic heterocycles. The molecule has 0 radical (unpaired) electrons. The van der Waals surface area contributed by atoms with Crippen LogP contribution in [0.1, 0.15) is 136 Å². The Labute approximate surface area is 189 Å². The van der Waals surface area contributed by atoms with Gasteiger partial charge in [0.15, 0.2) is 0 Å². The number of hydrogen-bond donors (Lipinski definition) is 0. The summed E-state index contributed by atoms with van der Waals surface area (Å²) in [5.74, 6) is 1.55. The summed E-state index contributed by atoms with van der Waals surface area (Å²) in [6.45, 7) is 9.20. The lowest BCUT2D eigenvalue weighted by Crippen LogP contribution is -3.00. The van der Waals surface area contributed by atoms with Crippen LogP contribution < -0.4 is 17.0 Å². The van der Waals surface area contributed by atoms with E-state index in [0.717, 1.165) is 0 Å². The summed E-state index contributed by atoms with van der Waals surface area (Å²) in [5.41, 5.74) is 0. The molecule has 1 rings (SSSR count). The van der Waals surface area contributed by atoms with Crippen molar-refractivity contribution < 1.29 is 17.0 Å². The Morgan fingerprint density at radius 1 is 0.621 bits per heavy atom. The van der Waals surface area contributed by atoms with E-state index in [0.29, 0.717) is 0 Å². The fourth-order valence-electron chi connectivity index (χ4n) is 4.33. The van der Waals surface area contributed by atoms with Crippen LogP contribution >= 0.6 is 0 Å². The molecule has 29 heavy (non-hydrogen) atoms. The Balaban J connectivity index is 0.00000784. The van der Waals surface area contributed by atoms with Crippen LogP contribution in [-0.2, 0) is 19.5 Å². The zero-order chi connectivity index (χ0) is 20.3. The van der Waals surface area contributed by atoms with Crippen LogP contribution in [0, 0.1) is 0 Å². The third-order valence-electron chi connectivity index (χ3n) is 6.02. The lowest BCUT2D eigenvalue weighted by atomic mass is 10.0. The van der Waals surface area contributed by atoms with Gasteiger partial charge in [-0.2, -0.15) is 0 Å². The average molecular weight is 427 g/mol. The van der Waals surface area contributed by atoms with Crippen LogP contribution in [0.5, 0.6) is 0 Å².